The molecule has 7 nitrogen and oxygen atoms in total. The number of nitrogens with zero attached hydrogens (tertiary/aromatic N) is 3. The first-order chi connectivity index (χ1) is 12.1. The number of hydrogen-bond acceptors (Lipinski definition) is 5. The topological polar surface area (TPSA) is 75.9 Å². The fraction of sp³-hybridized carbons (Fsp3) is 0.278. The largest absolute Gasteiger partial charge is 0.447 e. The van der Waals surface area contributed by atoms with Crippen LogP contribution in [0.15, 0.2) is 42.5 Å². The number of fused-ring (bicyclic) bond motifs is 1. The highest BCUT2D eigenvalue weighted by molar-refractivity contribution is 5.90. The van der Waals surface area contributed by atoms with Crippen molar-refractivity contribution in [2.24, 2.45) is 0 Å². The number of benzene rings is 2. The zero-order valence-electron chi connectivity index (χ0n) is 13.6. The summed E-state index contributed by atoms with van der Waals surface area (Å²) in [6.07, 6.45) is 0.413. The first-order valence-corrected chi connectivity index (χ1v) is 8.18. The number of rotatable bonds is 3. The third-order valence-electron chi connectivity index (χ3n) is 4.71. The van der Waals surface area contributed by atoms with Crippen LogP contribution in [0.1, 0.15) is 11.1 Å². The van der Waals surface area contributed by atoms with Crippen LogP contribution in [0, 0.1) is 10.1 Å². The summed E-state index contributed by atoms with van der Waals surface area (Å²) in [6, 6.07) is 12.7. The molecule has 0 atom stereocenters. The average Bonchev–Trinajstić information content (AvgIpc) is 3.06. The molecule has 0 radical (unpaired) electrons. The molecule has 25 heavy (non-hydrogen) atoms. The summed E-state index contributed by atoms with van der Waals surface area (Å²) >= 11 is 0. The Hall–Kier alpha value is -3.09. The lowest BCUT2D eigenvalue weighted by Gasteiger charge is -2.32. The van der Waals surface area contributed by atoms with E-state index in [1.54, 1.807) is 17.0 Å². The van der Waals surface area contributed by atoms with Gasteiger partial charge in [-0.2, -0.15) is 0 Å². The number of carbonyl (C=O) groups is 1. The number of amides is 1. The zero-order valence-corrected chi connectivity index (χ0v) is 13.6. The van der Waals surface area contributed by atoms with Gasteiger partial charge in [-0.15, -0.1) is 0 Å². The van der Waals surface area contributed by atoms with Crippen LogP contribution >= 0.6 is 0 Å². The summed E-state index contributed by atoms with van der Waals surface area (Å²) in [5.74, 6) is 0. The highest BCUT2D eigenvalue weighted by Gasteiger charge is 2.29. The highest BCUT2D eigenvalue weighted by atomic mass is 16.6. The van der Waals surface area contributed by atoms with Crippen LogP contribution in [-0.4, -0.2) is 30.7 Å². The second-order valence-electron chi connectivity index (χ2n) is 6.10. The first kappa shape index (κ1) is 15.4. The third-order valence-corrected chi connectivity index (χ3v) is 4.71. The number of nitro groups is 1. The SMILES string of the molecule is O=C1OCCN1c1cccc2c1CCN(c1ccccc1[N+](=O)[O-])C2. The van der Waals surface area contributed by atoms with Crippen molar-refractivity contribution in [2.45, 2.75) is 13.0 Å². The first-order valence-electron chi connectivity index (χ1n) is 8.18. The van der Waals surface area contributed by atoms with Gasteiger partial charge in [0, 0.05) is 19.2 Å². The van der Waals surface area contributed by atoms with Gasteiger partial charge in [0.25, 0.3) is 5.69 Å². The molecule has 1 fully saturated rings. The number of para-hydroxylation sites is 2. The molecule has 0 unspecified atom stereocenters. The summed E-state index contributed by atoms with van der Waals surface area (Å²) < 4.78 is 5.05. The molecule has 0 aromatic heterocycles. The summed E-state index contributed by atoms with van der Waals surface area (Å²) in [5, 5.41) is 11.3. The minimum atomic E-state index is -0.346. The van der Waals surface area contributed by atoms with Crippen LogP contribution < -0.4 is 9.80 Å². The van der Waals surface area contributed by atoms with Gasteiger partial charge < -0.3 is 9.64 Å². The number of cyclic esters (lactones) is 1. The molecule has 1 saturated heterocycles. The molecule has 0 bridgehead atoms. The Balaban J connectivity index is 1.67. The van der Waals surface area contributed by atoms with Gasteiger partial charge in [0.05, 0.1) is 17.2 Å². The fourth-order valence-corrected chi connectivity index (χ4v) is 3.55. The number of hydrogen-bond donors (Lipinski definition) is 0. The second kappa shape index (κ2) is 6.08. The van der Waals surface area contributed by atoms with Crippen molar-refractivity contribution in [1.82, 2.24) is 0 Å². The Bertz CT molecular complexity index is 852. The van der Waals surface area contributed by atoms with Crippen molar-refractivity contribution in [3.63, 3.8) is 0 Å². The van der Waals surface area contributed by atoms with Gasteiger partial charge >= 0.3 is 6.09 Å². The monoisotopic (exact) mass is 339 g/mol. The summed E-state index contributed by atoms with van der Waals surface area (Å²) in [6.45, 7) is 2.21. The summed E-state index contributed by atoms with van der Waals surface area (Å²) in [5.41, 5.74) is 3.84. The second-order valence-corrected chi connectivity index (χ2v) is 6.10. The molecule has 2 heterocycles. The predicted molar refractivity (Wildman–Crippen MR) is 93.0 cm³/mol. The number of nitro benzene ring substituents is 1. The lowest BCUT2D eigenvalue weighted by atomic mass is 9.96. The molecule has 128 valence electrons. The Kier molecular flexibility index (Phi) is 3.76. The van der Waals surface area contributed by atoms with E-state index in [0.29, 0.717) is 31.9 Å². The molecule has 1 amide bonds. The molecular formula is C18H17N3O4. The molecule has 0 spiro atoms. The molecule has 2 aromatic rings. The predicted octanol–water partition coefficient (Wildman–Crippen LogP) is 3.11. The van der Waals surface area contributed by atoms with Crippen LogP contribution in [-0.2, 0) is 17.7 Å². The van der Waals surface area contributed by atoms with E-state index in [4.69, 9.17) is 4.74 Å². The van der Waals surface area contributed by atoms with Crippen LogP contribution in [0.2, 0.25) is 0 Å². The van der Waals surface area contributed by atoms with Gasteiger partial charge in [-0.25, -0.2) is 4.79 Å². The Morgan fingerprint density at radius 3 is 2.60 bits per heavy atom. The van der Waals surface area contributed by atoms with Crippen LogP contribution in [0.5, 0.6) is 0 Å². The number of ether oxygens (including phenoxy) is 1. The lowest BCUT2D eigenvalue weighted by Crippen LogP contribution is -2.33. The van der Waals surface area contributed by atoms with Crippen molar-refractivity contribution in [1.29, 1.82) is 0 Å². The van der Waals surface area contributed by atoms with E-state index in [9.17, 15) is 14.9 Å². The van der Waals surface area contributed by atoms with E-state index in [2.05, 4.69) is 0 Å². The molecule has 0 aliphatic carbocycles. The van der Waals surface area contributed by atoms with Gasteiger partial charge in [-0.3, -0.25) is 15.0 Å². The minimum Gasteiger partial charge on any atom is -0.447 e. The average molecular weight is 339 g/mol. The highest BCUT2D eigenvalue weighted by Crippen LogP contribution is 2.35. The van der Waals surface area contributed by atoms with E-state index in [-0.39, 0.29) is 16.7 Å². The van der Waals surface area contributed by atoms with Crippen molar-refractivity contribution < 1.29 is 14.5 Å². The van der Waals surface area contributed by atoms with Crippen molar-refractivity contribution >= 4 is 23.2 Å². The van der Waals surface area contributed by atoms with Gasteiger partial charge in [0.2, 0.25) is 0 Å². The Labute approximate surface area is 144 Å². The summed E-state index contributed by atoms with van der Waals surface area (Å²) in [4.78, 5) is 26.5. The molecule has 0 N–H and O–H groups in total. The van der Waals surface area contributed by atoms with Crippen LogP contribution in [0.3, 0.4) is 0 Å². The zero-order chi connectivity index (χ0) is 17.4. The maximum atomic E-state index is 11.9. The molecule has 7 heteroatoms. The van der Waals surface area contributed by atoms with E-state index in [0.717, 1.165) is 23.2 Å². The normalized spacial score (nSPS) is 16.6. The lowest BCUT2D eigenvalue weighted by molar-refractivity contribution is -0.384. The van der Waals surface area contributed by atoms with E-state index >= 15 is 0 Å². The number of anilines is 2. The fourth-order valence-electron chi connectivity index (χ4n) is 3.55. The summed E-state index contributed by atoms with van der Waals surface area (Å²) in [7, 11) is 0. The molecule has 0 saturated carbocycles. The Morgan fingerprint density at radius 2 is 1.84 bits per heavy atom. The maximum Gasteiger partial charge on any atom is 0.414 e. The Morgan fingerprint density at radius 1 is 1.04 bits per heavy atom. The van der Waals surface area contributed by atoms with Gasteiger partial charge in [0.1, 0.15) is 12.3 Å². The van der Waals surface area contributed by atoms with E-state index < -0.39 is 0 Å². The van der Waals surface area contributed by atoms with E-state index in [1.165, 1.54) is 6.07 Å². The number of carbonyl (C=O) groups excluding carboxylic acids is 1. The van der Waals surface area contributed by atoms with Gasteiger partial charge in [-0.1, -0.05) is 24.3 Å². The smallest absolute Gasteiger partial charge is 0.414 e. The minimum absolute atomic E-state index is 0.116. The van der Waals surface area contributed by atoms with Gasteiger partial charge in [-0.05, 0) is 29.7 Å². The molecule has 2 aliphatic heterocycles. The van der Waals surface area contributed by atoms with E-state index in [1.807, 2.05) is 29.2 Å². The maximum absolute atomic E-state index is 11.9. The van der Waals surface area contributed by atoms with Gasteiger partial charge in [0.15, 0.2) is 0 Å². The van der Waals surface area contributed by atoms with Crippen LogP contribution in [0.4, 0.5) is 21.9 Å². The molecule has 4 rings (SSSR count). The molecule has 2 aromatic carbocycles. The quantitative estimate of drug-likeness (QED) is 0.634. The van der Waals surface area contributed by atoms with Crippen molar-refractivity contribution in [3.8, 4) is 0 Å². The van der Waals surface area contributed by atoms with Crippen molar-refractivity contribution in [3.05, 3.63) is 63.7 Å². The standard InChI is InChI=1S/C18H17N3O4/c22-18-20(10-11-25-18)15-7-3-4-13-12-19(9-8-14(13)15)16-5-1-2-6-17(16)21(23)24/h1-7H,8-12H2. The third kappa shape index (κ3) is 2.67. The molecular weight excluding hydrogens is 322 g/mol. The van der Waals surface area contributed by atoms with Crippen LogP contribution in [0.25, 0.3) is 0 Å². The molecule has 2 aliphatic rings. The van der Waals surface area contributed by atoms with Crippen molar-refractivity contribution in [2.75, 3.05) is 29.5 Å².